The van der Waals surface area contributed by atoms with Crippen LogP contribution in [0.15, 0.2) is 53.1 Å². The summed E-state index contributed by atoms with van der Waals surface area (Å²) in [5, 5.41) is 0.969. The smallest absolute Gasteiger partial charge is 0.169 e. The van der Waals surface area contributed by atoms with Crippen LogP contribution in [0.1, 0.15) is 21.5 Å². The summed E-state index contributed by atoms with van der Waals surface area (Å²) in [5.41, 5.74) is 3.97. The van der Waals surface area contributed by atoms with Gasteiger partial charge in [-0.15, -0.1) is 0 Å². The number of fused-ring (bicyclic) bond motifs is 1. The number of aromatic nitrogens is 1. The van der Waals surface area contributed by atoms with Crippen LogP contribution in [0.4, 0.5) is 0 Å². The number of rotatable bonds is 3. The summed E-state index contributed by atoms with van der Waals surface area (Å²) in [6.07, 6.45) is 2.23. The van der Waals surface area contributed by atoms with E-state index in [1.807, 2.05) is 43.3 Å². The average molecular weight is 328 g/mol. The van der Waals surface area contributed by atoms with Crippen molar-refractivity contribution in [1.29, 1.82) is 0 Å². The lowest BCUT2D eigenvalue weighted by atomic mass is 10.0. The highest BCUT2D eigenvalue weighted by molar-refractivity contribution is 9.10. The number of benzene rings is 2. The summed E-state index contributed by atoms with van der Waals surface area (Å²) in [5.74, 6) is 0.139. The molecule has 100 valence electrons. The average Bonchev–Trinajstić information content (AvgIpc) is 2.81. The monoisotopic (exact) mass is 327 g/mol. The predicted molar refractivity (Wildman–Crippen MR) is 85.2 cm³/mol. The maximum absolute atomic E-state index is 12.5. The van der Waals surface area contributed by atoms with Crippen molar-refractivity contribution in [2.24, 2.45) is 0 Å². The highest BCUT2D eigenvalue weighted by atomic mass is 79.9. The summed E-state index contributed by atoms with van der Waals surface area (Å²) >= 11 is 3.45. The molecule has 0 saturated heterocycles. The number of ketones is 1. The molecule has 3 aromatic rings. The molecule has 0 atom stereocenters. The fourth-order valence-electron chi connectivity index (χ4n) is 2.43. The van der Waals surface area contributed by atoms with Crippen molar-refractivity contribution in [3.63, 3.8) is 0 Å². The van der Waals surface area contributed by atoms with E-state index in [-0.39, 0.29) is 5.78 Å². The molecular weight excluding hydrogens is 314 g/mol. The minimum atomic E-state index is 0.139. The number of aryl methyl sites for hydroxylation is 1. The van der Waals surface area contributed by atoms with E-state index in [2.05, 4.69) is 27.0 Å². The SMILES string of the molecule is Cc1cccc(CC(=O)c2c[nH]c3ccc(Br)cc23)c1. The lowest BCUT2D eigenvalue weighted by molar-refractivity contribution is 0.0994. The number of H-pyrrole nitrogens is 1. The third-order valence-corrected chi connectivity index (χ3v) is 3.88. The van der Waals surface area contributed by atoms with Crippen LogP contribution in [0.5, 0.6) is 0 Å². The minimum Gasteiger partial charge on any atom is -0.360 e. The van der Waals surface area contributed by atoms with Gasteiger partial charge in [-0.3, -0.25) is 4.79 Å². The third-order valence-electron chi connectivity index (χ3n) is 3.39. The van der Waals surface area contributed by atoms with Gasteiger partial charge in [0.15, 0.2) is 5.78 Å². The van der Waals surface area contributed by atoms with Crippen molar-refractivity contribution < 1.29 is 4.79 Å². The van der Waals surface area contributed by atoms with Crippen LogP contribution in [0.3, 0.4) is 0 Å². The Balaban J connectivity index is 1.94. The van der Waals surface area contributed by atoms with E-state index in [1.165, 1.54) is 5.56 Å². The molecule has 0 fully saturated rings. The second kappa shape index (κ2) is 5.25. The Hall–Kier alpha value is -1.87. The molecule has 0 aliphatic rings. The van der Waals surface area contributed by atoms with Crippen molar-refractivity contribution in [2.45, 2.75) is 13.3 Å². The molecule has 2 aromatic carbocycles. The van der Waals surface area contributed by atoms with Gasteiger partial charge >= 0.3 is 0 Å². The molecule has 0 aliphatic heterocycles. The van der Waals surface area contributed by atoms with Gasteiger partial charge < -0.3 is 4.98 Å². The molecule has 0 amide bonds. The van der Waals surface area contributed by atoms with Crippen LogP contribution in [-0.4, -0.2) is 10.8 Å². The molecule has 0 spiro atoms. The zero-order chi connectivity index (χ0) is 14.1. The Morgan fingerprint density at radius 2 is 2.05 bits per heavy atom. The Labute approximate surface area is 126 Å². The molecule has 0 radical (unpaired) electrons. The molecule has 0 unspecified atom stereocenters. The standard InChI is InChI=1S/C17H14BrNO/c1-11-3-2-4-12(7-11)8-17(20)15-10-19-16-6-5-13(18)9-14(15)16/h2-7,9-10,19H,8H2,1H3. The summed E-state index contributed by atoms with van der Waals surface area (Å²) < 4.78 is 0.981. The van der Waals surface area contributed by atoms with Crippen LogP contribution >= 0.6 is 15.9 Å². The zero-order valence-corrected chi connectivity index (χ0v) is 12.7. The van der Waals surface area contributed by atoms with E-state index in [1.54, 1.807) is 6.20 Å². The van der Waals surface area contributed by atoms with Crippen LogP contribution in [0.25, 0.3) is 10.9 Å². The quantitative estimate of drug-likeness (QED) is 0.697. The third kappa shape index (κ3) is 2.54. The van der Waals surface area contributed by atoms with Gasteiger partial charge in [0, 0.05) is 33.6 Å². The first-order chi connectivity index (χ1) is 9.63. The Morgan fingerprint density at radius 1 is 1.20 bits per heavy atom. The van der Waals surface area contributed by atoms with Gasteiger partial charge in [0.05, 0.1) is 0 Å². The molecule has 20 heavy (non-hydrogen) atoms. The van der Waals surface area contributed by atoms with Crippen LogP contribution < -0.4 is 0 Å². The highest BCUT2D eigenvalue weighted by Crippen LogP contribution is 2.24. The van der Waals surface area contributed by atoms with Gasteiger partial charge in [-0.05, 0) is 30.7 Å². The molecule has 0 aliphatic carbocycles. The lowest BCUT2D eigenvalue weighted by Crippen LogP contribution is -2.02. The summed E-state index contributed by atoms with van der Waals surface area (Å²) in [6.45, 7) is 2.04. The normalized spacial score (nSPS) is 10.9. The van der Waals surface area contributed by atoms with Gasteiger partial charge in [0.1, 0.15) is 0 Å². The van der Waals surface area contributed by atoms with Gasteiger partial charge in [-0.2, -0.15) is 0 Å². The van der Waals surface area contributed by atoms with Gasteiger partial charge in [-0.1, -0.05) is 45.8 Å². The zero-order valence-electron chi connectivity index (χ0n) is 11.1. The minimum absolute atomic E-state index is 0.139. The molecule has 0 bridgehead atoms. The Morgan fingerprint density at radius 3 is 2.85 bits per heavy atom. The molecule has 1 aromatic heterocycles. The van der Waals surface area contributed by atoms with E-state index in [0.29, 0.717) is 6.42 Å². The number of carbonyl (C=O) groups excluding carboxylic acids is 1. The summed E-state index contributed by atoms with van der Waals surface area (Å²) in [4.78, 5) is 15.6. The van der Waals surface area contributed by atoms with Crippen molar-refractivity contribution in [3.8, 4) is 0 Å². The molecule has 1 N–H and O–H groups in total. The van der Waals surface area contributed by atoms with Crippen LogP contribution in [0, 0.1) is 6.92 Å². The lowest BCUT2D eigenvalue weighted by Gasteiger charge is -2.02. The number of halogens is 1. The van der Waals surface area contributed by atoms with Crippen molar-refractivity contribution in [2.75, 3.05) is 0 Å². The summed E-state index contributed by atoms with van der Waals surface area (Å²) in [6, 6.07) is 14.0. The predicted octanol–water partition coefficient (Wildman–Crippen LogP) is 4.66. The van der Waals surface area contributed by atoms with E-state index in [4.69, 9.17) is 0 Å². The fourth-order valence-corrected chi connectivity index (χ4v) is 2.79. The molecular formula is C17H14BrNO. The van der Waals surface area contributed by atoms with Crippen molar-refractivity contribution >= 4 is 32.6 Å². The second-order valence-corrected chi connectivity index (χ2v) is 5.90. The van der Waals surface area contributed by atoms with Crippen molar-refractivity contribution in [3.05, 3.63) is 69.8 Å². The number of nitrogens with one attached hydrogen (secondary N) is 1. The molecule has 0 saturated carbocycles. The van der Waals surface area contributed by atoms with Gasteiger partial charge in [0.2, 0.25) is 0 Å². The van der Waals surface area contributed by atoms with Crippen LogP contribution in [0.2, 0.25) is 0 Å². The Bertz CT molecular complexity index is 789. The van der Waals surface area contributed by atoms with Gasteiger partial charge in [-0.25, -0.2) is 0 Å². The number of Topliss-reactive ketones (excluding diaryl/α,β-unsaturated/α-hetero) is 1. The molecule has 3 rings (SSSR count). The topological polar surface area (TPSA) is 32.9 Å². The number of hydrogen-bond acceptors (Lipinski definition) is 1. The Kier molecular flexibility index (Phi) is 3.45. The molecule has 2 nitrogen and oxygen atoms in total. The van der Waals surface area contributed by atoms with Gasteiger partial charge in [0.25, 0.3) is 0 Å². The fraction of sp³-hybridized carbons (Fsp3) is 0.118. The maximum atomic E-state index is 12.5. The summed E-state index contributed by atoms with van der Waals surface area (Å²) in [7, 11) is 0. The first-order valence-electron chi connectivity index (χ1n) is 6.49. The first kappa shape index (κ1) is 13.1. The number of hydrogen-bond donors (Lipinski definition) is 1. The second-order valence-electron chi connectivity index (χ2n) is 4.98. The highest BCUT2D eigenvalue weighted by Gasteiger charge is 2.13. The van der Waals surface area contributed by atoms with E-state index >= 15 is 0 Å². The number of carbonyl (C=O) groups is 1. The first-order valence-corrected chi connectivity index (χ1v) is 7.28. The molecule has 3 heteroatoms. The van der Waals surface area contributed by atoms with E-state index in [0.717, 1.165) is 26.5 Å². The molecule has 1 heterocycles. The largest absolute Gasteiger partial charge is 0.360 e. The van der Waals surface area contributed by atoms with E-state index in [9.17, 15) is 4.79 Å². The van der Waals surface area contributed by atoms with Crippen LogP contribution in [-0.2, 0) is 6.42 Å². The van der Waals surface area contributed by atoms with E-state index < -0.39 is 0 Å². The number of aromatic amines is 1. The maximum Gasteiger partial charge on any atom is 0.169 e. The van der Waals surface area contributed by atoms with Crippen molar-refractivity contribution in [1.82, 2.24) is 4.98 Å².